The number of hydrogen-bond donors (Lipinski definition) is 2. The van der Waals surface area contributed by atoms with Gasteiger partial charge in [0.15, 0.2) is 0 Å². The van der Waals surface area contributed by atoms with Crippen molar-refractivity contribution in [2.24, 2.45) is 0 Å². The lowest BCUT2D eigenvalue weighted by atomic mass is 10.1. The third kappa shape index (κ3) is 3.82. The Morgan fingerprint density at radius 3 is 2.82 bits per heavy atom. The standard InChI is InChI=1S/C13H24N4/c1-11-10-12(2)17(16-11)9-3-6-15-13-4-7-14-8-5-13/h10,13-15H,3-9H2,1-2H3. The summed E-state index contributed by atoms with van der Waals surface area (Å²) in [5, 5.41) is 11.5. The van der Waals surface area contributed by atoms with Crippen LogP contribution in [0.25, 0.3) is 0 Å². The van der Waals surface area contributed by atoms with Crippen molar-refractivity contribution in [1.29, 1.82) is 0 Å². The number of nitrogens with zero attached hydrogens (tertiary/aromatic N) is 2. The molecule has 0 atom stereocenters. The van der Waals surface area contributed by atoms with Gasteiger partial charge in [-0.2, -0.15) is 5.10 Å². The van der Waals surface area contributed by atoms with Crippen LogP contribution in [-0.4, -0.2) is 35.5 Å². The quantitative estimate of drug-likeness (QED) is 0.756. The van der Waals surface area contributed by atoms with Gasteiger partial charge < -0.3 is 10.6 Å². The predicted molar refractivity (Wildman–Crippen MR) is 70.2 cm³/mol. The van der Waals surface area contributed by atoms with Gasteiger partial charge in [-0.15, -0.1) is 0 Å². The molecule has 4 nitrogen and oxygen atoms in total. The number of hydrogen-bond acceptors (Lipinski definition) is 3. The van der Waals surface area contributed by atoms with Crippen LogP contribution in [0.15, 0.2) is 6.07 Å². The van der Waals surface area contributed by atoms with Crippen LogP contribution in [0.5, 0.6) is 0 Å². The van der Waals surface area contributed by atoms with Crippen molar-refractivity contribution >= 4 is 0 Å². The Morgan fingerprint density at radius 1 is 1.41 bits per heavy atom. The lowest BCUT2D eigenvalue weighted by Crippen LogP contribution is -2.40. The van der Waals surface area contributed by atoms with Gasteiger partial charge in [-0.05, 0) is 58.8 Å². The first kappa shape index (κ1) is 12.6. The minimum Gasteiger partial charge on any atom is -0.317 e. The molecule has 0 aromatic carbocycles. The number of aryl methyl sites for hydroxylation is 3. The van der Waals surface area contributed by atoms with E-state index in [2.05, 4.69) is 40.3 Å². The second-order valence-corrected chi connectivity index (χ2v) is 4.98. The van der Waals surface area contributed by atoms with E-state index >= 15 is 0 Å². The van der Waals surface area contributed by atoms with Crippen LogP contribution in [0, 0.1) is 13.8 Å². The molecular formula is C13H24N4. The summed E-state index contributed by atoms with van der Waals surface area (Å²) in [5.74, 6) is 0. The largest absolute Gasteiger partial charge is 0.317 e. The molecule has 1 aromatic rings. The maximum Gasteiger partial charge on any atom is 0.0596 e. The van der Waals surface area contributed by atoms with Crippen LogP contribution in [0.2, 0.25) is 0 Å². The Morgan fingerprint density at radius 2 is 2.18 bits per heavy atom. The molecular weight excluding hydrogens is 212 g/mol. The lowest BCUT2D eigenvalue weighted by Gasteiger charge is -2.23. The van der Waals surface area contributed by atoms with Crippen molar-refractivity contribution < 1.29 is 0 Å². The lowest BCUT2D eigenvalue weighted by molar-refractivity contribution is 0.379. The van der Waals surface area contributed by atoms with Crippen molar-refractivity contribution in [3.8, 4) is 0 Å². The molecule has 1 saturated heterocycles. The van der Waals surface area contributed by atoms with Gasteiger partial charge in [-0.25, -0.2) is 0 Å². The van der Waals surface area contributed by atoms with Crippen molar-refractivity contribution in [2.45, 2.75) is 45.7 Å². The molecule has 0 aliphatic carbocycles. The fourth-order valence-corrected chi connectivity index (χ4v) is 2.46. The summed E-state index contributed by atoms with van der Waals surface area (Å²) in [6.45, 7) is 8.63. The van der Waals surface area contributed by atoms with E-state index in [4.69, 9.17) is 0 Å². The SMILES string of the molecule is Cc1cc(C)n(CCCNC2CCNCC2)n1. The summed E-state index contributed by atoms with van der Waals surface area (Å²) in [5.41, 5.74) is 2.39. The third-order valence-corrected chi connectivity index (χ3v) is 3.42. The zero-order chi connectivity index (χ0) is 12.1. The predicted octanol–water partition coefficient (Wildman–Crippen LogP) is 1.23. The Labute approximate surface area is 104 Å². The molecule has 4 heteroatoms. The van der Waals surface area contributed by atoms with E-state index in [0.29, 0.717) is 0 Å². The first-order chi connectivity index (χ1) is 8.25. The molecule has 2 rings (SSSR count). The van der Waals surface area contributed by atoms with Gasteiger partial charge in [-0.1, -0.05) is 0 Å². The second-order valence-electron chi connectivity index (χ2n) is 4.98. The van der Waals surface area contributed by atoms with Crippen LogP contribution < -0.4 is 10.6 Å². The summed E-state index contributed by atoms with van der Waals surface area (Å²) < 4.78 is 2.11. The van der Waals surface area contributed by atoms with E-state index in [1.807, 2.05) is 0 Å². The van der Waals surface area contributed by atoms with Crippen molar-refractivity contribution in [1.82, 2.24) is 20.4 Å². The van der Waals surface area contributed by atoms with Crippen LogP contribution in [0.3, 0.4) is 0 Å². The molecule has 1 aliphatic heterocycles. The molecule has 0 saturated carbocycles. The number of rotatable bonds is 5. The van der Waals surface area contributed by atoms with Crippen LogP contribution >= 0.6 is 0 Å². The van der Waals surface area contributed by atoms with Gasteiger partial charge in [0.2, 0.25) is 0 Å². The van der Waals surface area contributed by atoms with E-state index in [-0.39, 0.29) is 0 Å². The molecule has 0 amide bonds. The summed E-state index contributed by atoms with van der Waals surface area (Å²) >= 11 is 0. The molecule has 2 N–H and O–H groups in total. The van der Waals surface area contributed by atoms with Gasteiger partial charge >= 0.3 is 0 Å². The van der Waals surface area contributed by atoms with E-state index < -0.39 is 0 Å². The highest BCUT2D eigenvalue weighted by molar-refractivity contribution is 5.06. The average Bonchev–Trinajstić information content (AvgIpc) is 2.65. The average molecular weight is 236 g/mol. The highest BCUT2D eigenvalue weighted by atomic mass is 15.3. The van der Waals surface area contributed by atoms with Crippen LogP contribution in [-0.2, 0) is 6.54 Å². The van der Waals surface area contributed by atoms with Gasteiger partial charge in [0.05, 0.1) is 5.69 Å². The molecule has 0 unspecified atom stereocenters. The molecule has 96 valence electrons. The van der Waals surface area contributed by atoms with Gasteiger partial charge in [0, 0.05) is 18.3 Å². The maximum absolute atomic E-state index is 4.47. The van der Waals surface area contributed by atoms with E-state index in [1.54, 1.807) is 0 Å². The van der Waals surface area contributed by atoms with Gasteiger partial charge in [0.1, 0.15) is 0 Å². The van der Waals surface area contributed by atoms with Crippen LogP contribution in [0.1, 0.15) is 30.7 Å². The Bertz CT molecular complexity index is 339. The monoisotopic (exact) mass is 236 g/mol. The first-order valence-electron chi connectivity index (χ1n) is 6.71. The summed E-state index contributed by atoms with van der Waals surface area (Å²) in [7, 11) is 0. The first-order valence-corrected chi connectivity index (χ1v) is 6.71. The zero-order valence-electron chi connectivity index (χ0n) is 11.0. The number of aromatic nitrogens is 2. The highest BCUT2D eigenvalue weighted by Gasteiger charge is 2.11. The van der Waals surface area contributed by atoms with E-state index in [0.717, 1.165) is 44.3 Å². The summed E-state index contributed by atoms with van der Waals surface area (Å²) in [6.07, 6.45) is 3.69. The maximum atomic E-state index is 4.47. The van der Waals surface area contributed by atoms with Crippen LogP contribution in [0.4, 0.5) is 0 Å². The van der Waals surface area contributed by atoms with Gasteiger partial charge in [0.25, 0.3) is 0 Å². The normalized spacial score (nSPS) is 17.5. The fraction of sp³-hybridized carbons (Fsp3) is 0.769. The molecule has 0 radical (unpaired) electrons. The Hall–Kier alpha value is -0.870. The Balaban J connectivity index is 1.64. The minimum absolute atomic E-state index is 0.719. The Kier molecular flexibility index (Phi) is 4.57. The number of nitrogens with one attached hydrogen (secondary N) is 2. The highest BCUT2D eigenvalue weighted by Crippen LogP contribution is 2.04. The van der Waals surface area contributed by atoms with E-state index in [1.165, 1.54) is 18.5 Å². The fourth-order valence-electron chi connectivity index (χ4n) is 2.46. The molecule has 17 heavy (non-hydrogen) atoms. The molecule has 2 heterocycles. The van der Waals surface area contributed by atoms with Crippen molar-refractivity contribution in [2.75, 3.05) is 19.6 Å². The second kappa shape index (κ2) is 6.17. The molecule has 1 aromatic heterocycles. The smallest absolute Gasteiger partial charge is 0.0596 e. The van der Waals surface area contributed by atoms with E-state index in [9.17, 15) is 0 Å². The summed E-state index contributed by atoms with van der Waals surface area (Å²) in [6, 6.07) is 2.86. The third-order valence-electron chi connectivity index (χ3n) is 3.42. The van der Waals surface area contributed by atoms with Gasteiger partial charge in [-0.3, -0.25) is 4.68 Å². The van der Waals surface area contributed by atoms with Crippen molar-refractivity contribution in [3.05, 3.63) is 17.5 Å². The molecule has 0 spiro atoms. The molecule has 1 aliphatic rings. The zero-order valence-corrected chi connectivity index (χ0v) is 11.0. The molecule has 1 fully saturated rings. The topological polar surface area (TPSA) is 41.9 Å². The number of piperidine rings is 1. The van der Waals surface area contributed by atoms with Crippen molar-refractivity contribution in [3.63, 3.8) is 0 Å². The molecule has 0 bridgehead atoms. The summed E-state index contributed by atoms with van der Waals surface area (Å²) in [4.78, 5) is 0. The minimum atomic E-state index is 0.719.